The summed E-state index contributed by atoms with van der Waals surface area (Å²) in [5, 5.41) is 6.69. The van der Waals surface area contributed by atoms with E-state index < -0.39 is 17.8 Å². The average Bonchev–Trinajstić information content (AvgIpc) is 3.06. The number of hydrazone groups is 1. The molecule has 1 aliphatic carbocycles. The predicted molar refractivity (Wildman–Crippen MR) is 108 cm³/mol. The molecule has 7 nitrogen and oxygen atoms in total. The van der Waals surface area contributed by atoms with E-state index in [1.54, 1.807) is 6.92 Å². The van der Waals surface area contributed by atoms with Crippen LogP contribution >= 0.6 is 11.3 Å². The molecule has 0 saturated heterocycles. The van der Waals surface area contributed by atoms with Crippen LogP contribution in [0.25, 0.3) is 0 Å². The number of carbonyl (C=O) groups excluding carboxylic acids is 3. The van der Waals surface area contributed by atoms with Crippen LogP contribution in [0.2, 0.25) is 0 Å². The van der Waals surface area contributed by atoms with E-state index in [-0.39, 0.29) is 6.61 Å². The SMILES string of the molecule is CCOC(=O)c1c(NC(=O)C(=O)N/N=C/c2ccccc2)sc2c1CCCC2. The fourth-order valence-electron chi connectivity index (χ4n) is 2.99. The zero-order valence-corrected chi connectivity index (χ0v) is 16.3. The molecule has 1 aromatic carbocycles. The zero-order valence-electron chi connectivity index (χ0n) is 15.5. The number of hydrogen-bond donors (Lipinski definition) is 2. The van der Waals surface area contributed by atoms with Crippen molar-refractivity contribution < 1.29 is 19.1 Å². The van der Waals surface area contributed by atoms with Crippen molar-refractivity contribution in [1.82, 2.24) is 5.43 Å². The van der Waals surface area contributed by atoms with Gasteiger partial charge in [0.25, 0.3) is 0 Å². The van der Waals surface area contributed by atoms with Crippen LogP contribution in [0.4, 0.5) is 5.00 Å². The summed E-state index contributed by atoms with van der Waals surface area (Å²) >= 11 is 1.33. The van der Waals surface area contributed by atoms with Crippen molar-refractivity contribution in [2.75, 3.05) is 11.9 Å². The van der Waals surface area contributed by atoms with E-state index >= 15 is 0 Å². The van der Waals surface area contributed by atoms with Crippen LogP contribution in [0.5, 0.6) is 0 Å². The van der Waals surface area contributed by atoms with Crippen molar-refractivity contribution >= 4 is 40.3 Å². The number of anilines is 1. The third-order valence-corrected chi connectivity index (χ3v) is 5.47. The molecule has 0 fully saturated rings. The average molecular weight is 399 g/mol. The molecule has 0 atom stereocenters. The predicted octanol–water partition coefficient (Wildman–Crippen LogP) is 2.89. The van der Waals surface area contributed by atoms with E-state index in [0.717, 1.165) is 41.7 Å². The molecule has 8 heteroatoms. The van der Waals surface area contributed by atoms with Crippen LogP contribution in [-0.2, 0) is 27.2 Å². The highest BCUT2D eigenvalue weighted by atomic mass is 32.1. The molecule has 28 heavy (non-hydrogen) atoms. The summed E-state index contributed by atoms with van der Waals surface area (Å²) in [4.78, 5) is 37.7. The molecule has 1 aliphatic rings. The largest absolute Gasteiger partial charge is 0.462 e. The molecule has 2 N–H and O–H groups in total. The van der Waals surface area contributed by atoms with Gasteiger partial charge in [-0.25, -0.2) is 10.2 Å². The number of hydrogen-bond acceptors (Lipinski definition) is 6. The molecular weight excluding hydrogens is 378 g/mol. The minimum absolute atomic E-state index is 0.242. The van der Waals surface area contributed by atoms with Gasteiger partial charge in [0.1, 0.15) is 5.00 Å². The lowest BCUT2D eigenvalue weighted by Gasteiger charge is -2.12. The third-order valence-electron chi connectivity index (χ3n) is 4.26. The number of ether oxygens (including phenoxy) is 1. The number of nitrogens with zero attached hydrogens (tertiary/aromatic N) is 1. The number of fused-ring (bicyclic) bond motifs is 1. The number of nitrogens with one attached hydrogen (secondary N) is 2. The van der Waals surface area contributed by atoms with Gasteiger partial charge in [0, 0.05) is 4.88 Å². The third kappa shape index (κ3) is 4.64. The maximum atomic E-state index is 12.4. The number of carbonyl (C=O) groups is 3. The summed E-state index contributed by atoms with van der Waals surface area (Å²) in [6.45, 7) is 1.97. The normalized spacial score (nSPS) is 13.0. The molecule has 0 saturated carbocycles. The molecule has 2 amide bonds. The van der Waals surface area contributed by atoms with Gasteiger partial charge >= 0.3 is 17.8 Å². The molecule has 1 aromatic heterocycles. The van der Waals surface area contributed by atoms with Crippen LogP contribution in [0.3, 0.4) is 0 Å². The smallest absolute Gasteiger partial charge is 0.341 e. The van der Waals surface area contributed by atoms with Gasteiger partial charge in [0.15, 0.2) is 0 Å². The van der Waals surface area contributed by atoms with E-state index in [4.69, 9.17) is 4.74 Å². The molecule has 0 unspecified atom stereocenters. The minimum atomic E-state index is -0.909. The van der Waals surface area contributed by atoms with Gasteiger partial charge in [-0.05, 0) is 43.7 Å². The van der Waals surface area contributed by atoms with E-state index in [9.17, 15) is 14.4 Å². The van der Waals surface area contributed by atoms with Gasteiger partial charge in [-0.3, -0.25) is 9.59 Å². The van der Waals surface area contributed by atoms with Crippen LogP contribution < -0.4 is 10.7 Å². The Labute approximate surface area is 166 Å². The summed E-state index contributed by atoms with van der Waals surface area (Å²) in [6.07, 6.45) is 5.09. The molecule has 0 spiro atoms. The highest BCUT2D eigenvalue weighted by molar-refractivity contribution is 7.17. The molecule has 0 radical (unpaired) electrons. The van der Waals surface area contributed by atoms with E-state index in [0.29, 0.717) is 10.6 Å². The number of rotatable bonds is 5. The highest BCUT2D eigenvalue weighted by Gasteiger charge is 2.28. The Kier molecular flexibility index (Phi) is 6.54. The summed E-state index contributed by atoms with van der Waals surface area (Å²) in [5.74, 6) is -2.26. The summed E-state index contributed by atoms with van der Waals surface area (Å²) in [5.41, 5.74) is 4.28. The Balaban J connectivity index is 1.70. The first-order valence-corrected chi connectivity index (χ1v) is 9.93. The Morgan fingerprint density at radius 1 is 1.14 bits per heavy atom. The molecule has 0 aliphatic heterocycles. The zero-order chi connectivity index (χ0) is 19.9. The van der Waals surface area contributed by atoms with E-state index in [1.807, 2.05) is 30.3 Å². The Morgan fingerprint density at radius 2 is 1.89 bits per heavy atom. The molecular formula is C20H21N3O4S. The van der Waals surface area contributed by atoms with Crippen molar-refractivity contribution in [2.45, 2.75) is 32.6 Å². The Hall–Kier alpha value is -3.00. The van der Waals surface area contributed by atoms with E-state index in [1.165, 1.54) is 17.6 Å². The molecule has 3 rings (SSSR count). The first kappa shape index (κ1) is 19.8. The second-order valence-corrected chi connectivity index (χ2v) is 7.30. The van der Waals surface area contributed by atoms with Gasteiger partial charge in [-0.15, -0.1) is 11.3 Å². The topological polar surface area (TPSA) is 96.9 Å². The lowest BCUT2D eigenvalue weighted by Crippen LogP contribution is -2.32. The summed E-state index contributed by atoms with van der Waals surface area (Å²) in [7, 11) is 0. The first-order valence-electron chi connectivity index (χ1n) is 9.11. The van der Waals surface area contributed by atoms with E-state index in [2.05, 4.69) is 15.8 Å². The quantitative estimate of drug-likeness (QED) is 0.350. The highest BCUT2D eigenvalue weighted by Crippen LogP contribution is 2.38. The summed E-state index contributed by atoms with van der Waals surface area (Å²) in [6, 6.07) is 9.18. The molecule has 1 heterocycles. The van der Waals surface area contributed by atoms with Crippen molar-refractivity contribution in [2.24, 2.45) is 5.10 Å². The monoisotopic (exact) mass is 399 g/mol. The van der Waals surface area contributed by atoms with Crippen LogP contribution in [0.15, 0.2) is 35.4 Å². The van der Waals surface area contributed by atoms with Gasteiger partial charge in [-0.2, -0.15) is 5.10 Å². The van der Waals surface area contributed by atoms with Gasteiger partial charge < -0.3 is 10.1 Å². The van der Waals surface area contributed by atoms with Crippen molar-refractivity contribution in [3.8, 4) is 0 Å². The molecule has 146 valence electrons. The number of amides is 2. The minimum Gasteiger partial charge on any atom is -0.462 e. The fraction of sp³-hybridized carbons (Fsp3) is 0.300. The standard InChI is InChI=1S/C20H21N3O4S/c1-2-27-20(26)16-14-10-6-7-11-15(14)28-19(16)22-17(24)18(25)23-21-12-13-8-4-3-5-9-13/h3-5,8-9,12H,2,6-7,10-11H2,1H3,(H,22,24)(H,23,25)/b21-12+. The second-order valence-electron chi connectivity index (χ2n) is 6.20. The van der Waals surface area contributed by atoms with Gasteiger partial charge in [0.05, 0.1) is 18.4 Å². The van der Waals surface area contributed by atoms with Crippen LogP contribution in [-0.4, -0.2) is 30.6 Å². The fourth-order valence-corrected chi connectivity index (χ4v) is 4.26. The number of esters is 1. The summed E-state index contributed by atoms with van der Waals surface area (Å²) < 4.78 is 5.14. The Morgan fingerprint density at radius 3 is 2.64 bits per heavy atom. The number of aryl methyl sites for hydroxylation is 1. The molecule has 2 aromatic rings. The maximum absolute atomic E-state index is 12.4. The second kappa shape index (κ2) is 9.27. The van der Waals surface area contributed by atoms with Gasteiger partial charge in [0.2, 0.25) is 0 Å². The van der Waals surface area contributed by atoms with Crippen molar-refractivity contribution in [3.63, 3.8) is 0 Å². The lowest BCUT2D eigenvalue weighted by molar-refractivity contribution is -0.136. The van der Waals surface area contributed by atoms with Crippen LogP contribution in [0, 0.1) is 0 Å². The van der Waals surface area contributed by atoms with Crippen molar-refractivity contribution in [1.29, 1.82) is 0 Å². The Bertz CT molecular complexity index is 906. The van der Waals surface area contributed by atoms with Gasteiger partial charge in [-0.1, -0.05) is 30.3 Å². The van der Waals surface area contributed by atoms with Crippen molar-refractivity contribution in [3.05, 3.63) is 51.9 Å². The lowest BCUT2D eigenvalue weighted by atomic mass is 9.95. The van der Waals surface area contributed by atoms with Crippen LogP contribution in [0.1, 0.15) is 46.1 Å². The number of thiophene rings is 1. The molecule has 0 bridgehead atoms. The first-order chi connectivity index (χ1) is 13.6. The maximum Gasteiger partial charge on any atom is 0.341 e. The number of benzene rings is 1.